The zero-order valence-electron chi connectivity index (χ0n) is 15.9. The average molecular weight is 374 g/mol. The van der Waals surface area contributed by atoms with Gasteiger partial charge >= 0.3 is 6.09 Å². The third-order valence-electron chi connectivity index (χ3n) is 3.79. The highest BCUT2D eigenvalue weighted by Crippen LogP contribution is 2.08. The lowest BCUT2D eigenvalue weighted by Gasteiger charge is -2.26. The van der Waals surface area contributed by atoms with Crippen LogP contribution in [0.1, 0.15) is 44.0 Å². The van der Waals surface area contributed by atoms with Crippen molar-refractivity contribution in [1.29, 1.82) is 0 Å². The van der Waals surface area contributed by atoms with Gasteiger partial charge in [-0.15, -0.1) is 0 Å². The van der Waals surface area contributed by atoms with Gasteiger partial charge in [0.25, 0.3) is 5.56 Å². The minimum atomic E-state index is -0.406. The second kappa shape index (κ2) is 9.27. The highest BCUT2D eigenvalue weighted by molar-refractivity contribution is 5.76. The number of rotatable bonds is 2. The van der Waals surface area contributed by atoms with E-state index in [1.54, 1.807) is 28.9 Å². The molecule has 8 heteroatoms. The summed E-state index contributed by atoms with van der Waals surface area (Å²) < 4.78 is 6.84. The summed E-state index contributed by atoms with van der Waals surface area (Å²) >= 11 is 0. The summed E-state index contributed by atoms with van der Waals surface area (Å²) in [7, 11) is 0. The number of amides is 1. The van der Waals surface area contributed by atoms with Gasteiger partial charge in [-0.2, -0.15) is 4.98 Å². The zero-order valence-corrected chi connectivity index (χ0v) is 15.9. The van der Waals surface area contributed by atoms with Gasteiger partial charge in [0, 0.05) is 30.1 Å². The standard InChI is InChI=1S/C10H20N2O2.C9H6N2O2/c1-10(2,3)14-9(13)12-8-4-6-11-7-5-8;12-6-7-1-3-11-4-2-9(13)10-8(11)5-7/h8,11H,4-7H2,1-3H3,(H,12,13);1-6H. The average Bonchev–Trinajstić information content (AvgIpc) is 2.60. The number of carbonyl (C=O) groups excluding carboxylic acids is 2. The Morgan fingerprint density at radius 3 is 2.59 bits per heavy atom. The predicted molar refractivity (Wildman–Crippen MR) is 102 cm³/mol. The molecule has 0 aromatic carbocycles. The van der Waals surface area contributed by atoms with Gasteiger partial charge in [-0.3, -0.25) is 9.59 Å². The normalized spacial score (nSPS) is 14.8. The van der Waals surface area contributed by atoms with Crippen molar-refractivity contribution < 1.29 is 14.3 Å². The van der Waals surface area contributed by atoms with Crippen molar-refractivity contribution in [3.63, 3.8) is 0 Å². The van der Waals surface area contributed by atoms with E-state index in [1.807, 2.05) is 20.8 Å². The van der Waals surface area contributed by atoms with Crippen LogP contribution in [0.25, 0.3) is 5.65 Å². The number of nitrogens with zero attached hydrogens (tertiary/aromatic N) is 2. The molecule has 146 valence electrons. The smallest absolute Gasteiger partial charge is 0.407 e. The van der Waals surface area contributed by atoms with Crippen LogP contribution in [0.3, 0.4) is 0 Å². The third-order valence-corrected chi connectivity index (χ3v) is 3.79. The number of carbonyl (C=O) groups is 2. The molecule has 2 N–H and O–H groups in total. The molecule has 1 fully saturated rings. The molecule has 1 saturated heterocycles. The summed E-state index contributed by atoms with van der Waals surface area (Å²) in [6, 6.07) is 4.86. The van der Waals surface area contributed by atoms with Crippen LogP contribution in [0, 0.1) is 0 Å². The lowest BCUT2D eigenvalue weighted by Crippen LogP contribution is -2.44. The zero-order chi connectivity index (χ0) is 19.9. The second-order valence-corrected chi connectivity index (χ2v) is 7.28. The number of piperidine rings is 1. The molecule has 0 atom stereocenters. The number of nitrogens with one attached hydrogen (secondary N) is 2. The van der Waals surface area contributed by atoms with Gasteiger partial charge in [0.2, 0.25) is 0 Å². The molecule has 0 spiro atoms. The first-order valence-corrected chi connectivity index (χ1v) is 8.91. The Labute approximate surface area is 157 Å². The summed E-state index contributed by atoms with van der Waals surface area (Å²) in [6.07, 6.45) is 5.69. The van der Waals surface area contributed by atoms with Gasteiger partial charge < -0.3 is 19.8 Å². The van der Waals surface area contributed by atoms with E-state index >= 15 is 0 Å². The van der Waals surface area contributed by atoms with Gasteiger partial charge in [-0.25, -0.2) is 4.79 Å². The van der Waals surface area contributed by atoms with Crippen LogP contribution in [0.4, 0.5) is 4.79 Å². The van der Waals surface area contributed by atoms with Crippen LogP contribution in [0.15, 0.2) is 35.4 Å². The minimum Gasteiger partial charge on any atom is -0.444 e. The highest BCUT2D eigenvalue weighted by atomic mass is 16.6. The van der Waals surface area contributed by atoms with E-state index in [0.717, 1.165) is 32.2 Å². The Hall–Kier alpha value is -2.74. The number of fused-ring (bicyclic) bond motifs is 1. The van der Waals surface area contributed by atoms with E-state index in [2.05, 4.69) is 15.6 Å². The second-order valence-electron chi connectivity index (χ2n) is 7.28. The largest absolute Gasteiger partial charge is 0.444 e. The maximum absolute atomic E-state index is 11.4. The minimum absolute atomic E-state index is 0.270. The number of aromatic nitrogens is 2. The molecular formula is C19H26N4O4. The quantitative estimate of drug-likeness (QED) is 0.777. The van der Waals surface area contributed by atoms with Crippen molar-refractivity contribution in [2.75, 3.05) is 13.1 Å². The first kappa shape index (κ1) is 20.6. The molecule has 2 aromatic rings. The van der Waals surface area contributed by atoms with Crippen molar-refractivity contribution in [2.45, 2.75) is 45.3 Å². The molecule has 3 heterocycles. The lowest BCUT2D eigenvalue weighted by molar-refractivity contribution is 0.0495. The van der Waals surface area contributed by atoms with Gasteiger partial charge in [0.05, 0.1) is 0 Å². The molecule has 0 saturated carbocycles. The van der Waals surface area contributed by atoms with Crippen molar-refractivity contribution in [1.82, 2.24) is 20.0 Å². The molecule has 8 nitrogen and oxygen atoms in total. The van der Waals surface area contributed by atoms with Crippen LogP contribution < -0.4 is 16.2 Å². The fourth-order valence-corrected chi connectivity index (χ4v) is 2.54. The van der Waals surface area contributed by atoms with Crippen molar-refractivity contribution >= 4 is 18.0 Å². The van der Waals surface area contributed by atoms with Gasteiger partial charge in [-0.1, -0.05) is 0 Å². The molecule has 1 amide bonds. The monoisotopic (exact) mass is 374 g/mol. The molecule has 2 aromatic heterocycles. The molecule has 27 heavy (non-hydrogen) atoms. The van der Waals surface area contributed by atoms with Gasteiger partial charge in [-0.05, 0) is 58.8 Å². The van der Waals surface area contributed by atoms with Crippen LogP contribution >= 0.6 is 0 Å². The fourth-order valence-electron chi connectivity index (χ4n) is 2.54. The Morgan fingerprint density at radius 2 is 1.96 bits per heavy atom. The predicted octanol–water partition coefficient (Wildman–Crippen LogP) is 1.77. The number of aldehydes is 1. The third kappa shape index (κ3) is 7.18. The topological polar surface area (TPSA) is 102 Å². The molecule has 1 aliphatic rings. The summed E-state index contributed by atoms with van der Waals surface area (Å²) in [5.41, 5.74) is 0.287. The van der Waals surface area contributed by atoms with Crippen molar-refractivity contribution in [3.8, 4) is 0 Å². The molecular weight excluding hydrogens is 348 g/mol. The maximum atomic E-state index is 11.4. The lowest BCUT2D eigenvalue weighted by atomic mass is 10.1. The van der Waals surface area contributed by atoms with Crippen molar-refractivity contribution in [2.24, 2.45) is 0 Å². The van der Waals surface area contributed by atoms with E-state index in [9.17, 15) is 14.4 Å². The van der Waals surface area contributed by atoms with Gasteiger partial charge in [0.15, 0.2) is 0 Å². The van der Waals surface area contributed by atoms with E-state index in [4.69, 9.17) is 4.74 Å². The van der Waals surface area contributed by atoms with E-state index in [1.165, 1.54) is 6.07 Å². The Balaban J connectivity index is 0.000000194. The molecule has 0 bridgehead atoms. The van der Waals surface area contributed by atoms with E-state index in [-0.39, 0.29) is 17.7 Å². The molecule has 1 aliphatic heterocycles. The Morgan fingerprint density at radius 1 is 1.30 bits per heavy atom. The summed E-state index contributed by atoms with van der Waals surface area (Å²) in [5.74, 6) is 0. The van der Waals surface area contributed by atoms with E-state index in [0.29, 0.717) is 11.2 Å². The van der Waals surface area contributed by atoms with Crippen molar-refractivity contribution in [3.05, 3.63) is 46.5 Å². The molecule has 0 radical (unpaired) electrons. The van der Waals surface area contributed by atoms with Gasteiger partial charge in [0.1, 0.15) is 17.5 Å². The first-order valence-electron chi connectivity index (χ1n) is 8.91. The number of pyridine rings is 1. The maximum Gasteiger partial charge on any atom is 0.407 e. The number of alkyl carbamates (subject to hydrolysis) is 1. The fraction of sp³-hybridized carbons (Fsp3) is 0.474. The molecule has 0 unspecified atom stereocenters. The SMILES string of the molecule is CC(C)(C)OC(=O)NC1CCNCC1.O=Cc1ccn2ccc(=O)nc2c1. The van der Waals surface area contributed by atoms with Crippen LogP contribution in [-0.4, -0.2) is 46.5 Å². The Bertz CT molecular complexity index is 835. The number of hydrogen-bond acceptors (Lipinski definition) is 6. The summed E-state index contributed by atoms with van der Waals surface area (Å²) in [4.78, 5) is 36.4. The van der Waals surface area contributed by atoms with Crippen LogP contribution in [0.5, 0.6) is 0 Å². The molecule has 0 aliphatic carbocycles. The summed E-state index contributed by atoms with van der Waals surface area (Å²) in [5, 5.41) is 6.12. The molecule has 3 rings (SSSR count). The van der Waals surface area contributed by atoms with Crippen LogP contribution in [-0.2, 0) is 4.74 Å². The van der Waals surface area contributed by atoms with Crippen LogP contribution in [0.2, 0.25) is 0 Å². The highest BCUT2D eigenvalue weighted by Gasteiger charge is 2.20. The van der Waals surface area contributed by atoms with E-state index < -0.39 is 5.60 Å². The summed E-state index contributed by atoms with van der Waals surface area (Å²) in [6.45, 7) is 7.56. The number of hydrogen-bond donors (Lipinski definition) is 2. The Kier molecular flexibility index (Phi) is 7.06. The number of ether oxygens (including phenoxy) is 1. The first-order chi connectivity index (χ1) is 12.8.